The fraction of sp³-hybridized carbons (Fsp3) is 0. The van der Waals surface area contributed by atoms with Gasteiger partial charge < -0.3 is 10.9 Å². The molecule has 0 atom stereocenters. The number of hydrogen-bond donors (Lipinski definition) is 2. The van der Waals surface area contributed by atoms with E-state index >= 15 is 0 Å². The Morgan fingerprint density at radius 2 is 2.35 bits per heavy atom. The Hall–Kier alpha value is -1.05. The largest absolute Gasteiger partial charge is 0.409 e. The zero-order chi connectivity index (χ0) is 12.3. The molecule has 1 heterocycles. The van der Waals surface area contributed by atoms with Crippen LogP contribution in [-0.2, 0) is 0 Å². The molecule has 0 saturated heterocycles. The second-order valence-corrected chi connectivity index (χ2v) is 6.13. The van der Waals surface area contributed by atoms with E-state index in [9.17, 15) is 0 Å². The van der Waals surface area contributed by atoms with Crippen LogP contribution < -0.4 is 5.73 Å². The molecule has 0 bridgehead atoms. The van der Waals surface area contributed by atoms with Gasteiger partial charge in [0.15, 0.2) is 10.2 Å². The molecule has 0 aliphatic heterocycles. The lowest BCUT2D eigenvalue weighted by Crippen LogP contribution is -2.14. The van der Waals surface area contributed by atoms with Crippen molar-refractivity contribution in [2.75, 3.05) is 0 Å². The maximum absolute atomic E-state index is 8.74. The Balaban J connectivity index is 2.40. The Morgan fingerprint density at radius 1 is 1.53 bits per heavy atom. The summed E-state index contributed by atoms with van der Waals surface area (Å²) in [6, 6.07) is 5.56. The molecule has 3 N–H and O–H groups in total. The van der Waals surface area contributed by atoms with Crippen LogP contribution in [0.25, 0.3) is 0 Å². The van der Waals surface area contributed by atoms with Gasteiger partial charge in [-0.15, -0.1) is 11.3 Å². The zero-order valence-electron chi connectivity index (χ0n) is 8.50. The lowest BCUT2D eigenvalue weighted by molar-refractivity contribution is 0.318. The van der Waals surface area contributed by atoms with Gasteiger partial charge in [-0.05, 0) is 18.2 Å². The summed E-state index contributed by atoms with van der Waals surface area (Å²) in [5.74, 6) is 0.0940. The van der Waals surface area contributed by atoms with Gasteiger partial charge in [-0.25, -0.2) is 4.98 Å². The molecule has 88 valence electrons. The van der Waals surface area contributed by atoms with Gasteiger partial charge in [0.2, 0.25) is 0 Å². The van der Waals surface area contributed by atoms with E-state index in [2.05, 4.69) is 26.1 Å². The number of rotatable bonds is 3. The van der Waals surface area contributed by atoms with Gasteiger partial charge in [-0.2, -0.15) is 0 Å². The standard InChI is InChI=1S/C10H8BrN3OS2/c11-6-1-2-7(9(12)14-15)8(5-6)17-10-13-3-4-16-10/h1-5,15H,(H2,12,14). The monoisotopic (exact) mass is 329 g/mol. The van der Waals surface area contributed by atoms with Crippen molar-refractivity contribution in [3.8, 4) is 0 Å². The third kappa shape index (κ3) is 2.99. The summed E-state index contributed by atoms with van der Waals surface area (Å²) in [5, 5.41) is 13.7. The summed E-state index contributed by atoms with van der Waals surface area (Å²) in [6.07, 6.45) is 1.74. The van der Waals surface area contributed by atoms with Crippen molar-refractivity contribution in [2.24, 2.45) is 10.9 Å². The van der Waals surface area contributed by atoms with Gasteiger partial charge in [0.05, 0.1) is 0 Å². The molecule has 17 heavy (non-hydrogen) atoms. The lowest BCUT2D eigenvalue weighted by Gasteiger charge is -2.06. The van der Waals surface area contributed by atoms with Crippen molar-refractivity contribution in [3.63, 3.8) is 0 Å². The van der Waals surface area contributed by atoms with Crippen molar-refractivity contribution in [1.82, 2.24) is 4.98 Å². The van der Waals surface area contributed by atoms with Crippen LogP contribution >= 0.6 is 39.0 Å². The maximum atomic E-state index is 8.74. The quantitative estimate of drug-likeness (QED) is 0.392. The number of benzene rings is 1. The molecule has 0 fully saturated rings. The molecule has 2 aromatic rings. The van der Waals surface area contributed by atoms with Crippen molar-refractivity contribution >= 4 is 44.9 Å². The average Bonchev–Trinajstić information content (AvgIpc) is 2.81. The molecule has 0 unspecified atom stereocenters. The normalized spacial score (nSPS) is 11.7. The van der Waals surface area contributed by atoms with Gasteiger partial charge in [-0.3, -0.25) is 0 Å². The Morgan fingerprint density at radius 3 is 3.00 bits per heavy atom. The average molecular weight is 330 g/mol. The second-order valence-electron chi connectivity index (χ2n) is 3.03. The number of hydrogen-bond acceptors (Lipinski definition) is 5. The summed E-state index contributed by atoms with van der Waals surface area (Å²) in [4.78, 5) is 5.08. The number of halogens is 1. The van der Waals surface area contributed by atoms with E-state index in [4.69, 9.17) is 10.9 Å². The van der Waals surface area contributed by atoms with E-state index in [1.165, 1.54) is 11.8 Å². The van der Waals surface area contributed by atoms with Crippen LogP contribution in [0.15, 0.2) is 48.6 Å². The summed E-state index contributed by atoms with van der Waals surface area (Å²) in [5.41, 5.74) is 6.32. The molecule has 4 nitrogen and oxygen atoms in total. The molecule has 1 aromatic carbocycles. The zero-order valence-corrected chi connectivity index (χ0v) is 11.7. The number of nitrogens with zero attached hydrogens (tertiary/aromatic N) is 2. The molecule has 0 aliphatic carbocycles. The first-order valence-corrected chi connectivity index (χ1v) is 7.04. The van der Waals surface area contributed by atoms with Gasteiger partial charge in [-0.1, -0.05) is 32.8 Å². The van der Waals surface area contributed by atoms with E-state index in [1.54, 1.807) is 23.6 Å². The first kappa shape index (κ1) is 12.4. The van der Waals surface area contributed by atoms with Crippen molar-refractivity contribution in [2.45, 2.75) is 9.24 Å². The smallest absolute Gasteiger partial charge is 0.171 e. The predicted octanol–water partition coefficient (Wildman–Crippen LogP) is 3.15. The highest BCUT2D eigenvalue weighted by Gasteiger charge is 2.10. The Bertz CT molecular complexity index is 542. The van der Waals surface area contributed by atoms with Crippen molar-refractivity contribution in [1.29, 1.82) is 0 Å². The molecule has 0 radical (unpaired) electrons. The van der Waals surface area contributed by atoms with E-state index in [0.29, 0.717) is 5.56 Å². The molecule has 2 rings (SSSR count). The van der Waals surface area contributed by atoms with E-state index < -0.39 is 0 Å². The highest BCUT2D eigenvalue weighted by molar-refractivity contribution is 9.10. The maximum Gasteiger partial charge on any atom is 0.171 e. The third-order valence-corrected chi connectivity index (χ3v) is 4.37. The Kier molecular flexibility index (Phi) is 4.03. The summed E-state index contributed by atoms with van der Waals surface area (Å²) >= 11 is 6.43. The van der Waals surface area contributed by atoms with Crippen LogP contribution in [0.3, 0.4) is 0 Å². The molecule has 0 amide bonds. The van der Waals surface area contributed by atoms with Gasteiger partial charge in [0, 0.05) is 26.5 Å². The van der Waals surface area contributed by atoms with Crippen LogP contribution in [0, 0.1) is 0 Å². The number of aromatic nitrogens is 1. The molecular weight excluding hydrogens is 322 g/mol. The van der Waals surface area contributed by atoms with Gasteiger partial charge >= 0.3 is 0 Å². The van der Waals surface area contributed by atoms with E-state index in [-0.39, 0.29) is 5.84 Å². The van der Waals surface area contributed by atoms with Crippen LogP contribution in [0.4, 0.5) is 0 Å². The Labute approximate surface area is 115 Å². The topological polar surface area (TPSA) is 71.5 Å². The molecule has 0 saturated carbocycles. The van der Waals surface area contributed by atoms with Crippen LogP contribution in [-0.4, -0.2) is 16.0 Å². The summed E-state index contributed by atoms with van der Waals surface area (Å²) in [7, 11) is 0. The molecule has 7 heteroatoms. The minimum Gasteiger partial charge on any atom is -0.409 e. The van der Waals surface area contributed by atoms with Crippen LogP contribution in [0.5, 0.6) is 0 Å². The van der Waals surface area contributed by atoms with Crippen LogP contribution in [0.2, 0.25) is 0 Å². The molecule has 0 aliphatic rings. The fourth-order valence-electron chi connectivity index (χ4n) is 1.20. The predicted molar refractivity (Wildman–Crippen MR) is 72.9 cm³/mol. The summed E-state index contributed by atoms with van der Waals surface area (Å²) in [6.45, 7) is 0. The third-order valence-electron chi connectivity index (χ3n) is 1.93. The number of nitrogens with two attached hydrogens (primary N) is 1. The van der Waals surface area contributed by atoms with Gasteiger partial charge in [0.1, 0.15) is 0 Å². The number of thiazole rings is 1. The number of amidine groups is 1. The fourth-order valence-corrected chi connectivity index (χ4v) is 3.47. The number of oxime groups is 1. The van der Waals surface area contributed by atoms with E-state index in [0.717, 1.165) is 13.7 Å². The molecule has 1 aromatic heterocycles. The van der Waals surface area contributed by atoms with Gasteiger partial charge in [0.25, 0.3) is 0 Å². The van der Waals surface area contributed by atoms with Crippen molar-refractivity contribution in [3.05, 3.63) is 39.8 Å². The minimum atomic E-state index is 0.0940. The molecular formula is C10H8BrN3OS2. The highest BCUT2D eigenvalue weighted by Crippen LogP contribution is 2.33. The van der Waals surface area contributed by atoms with Crippen molar-refractivity contribution < 1.29 is 5.21 Å². The highest BCUT2D eigenvalue weighted by atomic mass is 79.9. The first-order chi connectivity index (χ1) is 8.20. The van der Waals surface area contributed by atoms with E-state index in [1.807, 2.05) is 17.5 Å². The minimum absolute atomic E-state index is 0.0940. The summed E-state index contributed by atoms with van der Waals surface area (Å²) < 4.78 is 1.85. The lowest BCUT2D eigenvalue weighted by atomic mass is 10.2. The molecule has 0 spiro atoms. The SMILES string of the molecule is N/C(=N/O)c1ccc(Br)cc1Sc1nccs1. The second kappa shape index (κ2) is 5.52. The van der Waals surface area contributed by atoms with Crippen LogP contribution in [0.1, 0.15) is 5.56 Å². The first-order valence-electron chi connectivity index (χ1n) is 4.55.